The van der Waals surface area contributed by atoms with E-state index in [0.717, 1.165) is 36.9 Å². The molecule has 1 N–H and O–H groups in total. The summed E-state index contributed by atoms with van der Waals surface area (Å²) in [5.74, 6) is -0.832. The van der Waals surface area contributed by atoms with Crippen LogP contribution in [-0.2, 0) is 6.42 Å². The zero-order chi connectivity index (χ0) is 12.8. The molecule has 0 saturated heterocycles. The first kappa shape index (κ1) is 13.6. The molecule has 1 aromatic carbocycles. The minimum atomic E-state index is -0.832. The minimum Gasteiger partial charge on any atom is -0.478 e. The highest BCUT2D eigenvalue weighted by Crippen LogP contribution is 2.20. The highest BCUT2D eigenvalue weighted by atomic mass is 16.4. The van der Waals surface area contributed by atoms with Crippen molar-refractivity contribution >= 4 is 11.7 Å². The number of nitrogens with zero attached hydrogens (tertiary/aromatic N) is 1. The normalized spacial score (nSPS) is 10.3. The van der Waals surface area contributed by atoms with Gasteiger partial charge in [0.25, 0.3) is 0 Å². The largest absolute Gasteiger partial charge is 0.478 e. The van der Waals surface area contributed by atoms with Crippen LogP contribution in [0.1, 0.15) is 42.1 Å². The number of aromatic carboxylic acids is 1. The zero-order valence-corrected chi connectivity index (χ0v) is 10.9. The second-order valence-corrected chi connectivity index (χ2v) is 4.50. The predicted molar refractivity (Wildman–Crippen MR) is 71.0 cm³/mol. The van der Waals surface area contributed by atoms with Crippen molar-refractivity contribution in [2.24, 2.45) is 0 Å². The predicted octanol–water partition coefficient (Wildman–Crippen LogP) is 3.18. The van der Waals surface area contributed by atoms with Crippen molar-refractivity contribution in [3.8, 4) is 0 Å². The fourth-order valence-corrected chi connectivity index (χ4v) is 1.84. The van der Waals surface area contributed by atoms with Gasteiger partial charge in [0.2, 0.25) is 0 Å². The lowest BCUT2D eigenvalue weighted by atomic mass is 10.0. The van der Waals surface area contributed by atoms with E-state index in [-0.39, 0.29) is 0 Å². The van der Waals surface area contributed by atoms with Crippen molar-refractivity contribution in [1.82, 2.24) is 0 Å². The molecule has 0 aliphatic heterocycles. The van der Waals surface area contributed by atoms with Crippen LogP contribution >= 0.6 is 0 Å². The molecule has 0 saturated carbocycles. The summed E-state index contributed by atoms with van der Waals surface area (Å²) in [5.41, 5.74) is 2.44. The second kappa shape index (κ2) is 6.28. The van der Waals surface area contributed by atoms with Crippen LogP contribution in [0, 0.1) is 0 Å². The maximum atomic E-state index is 11.1. The van der Waals surface area contributed by atoms with Crippen LogP contribution in [0.5, 0.6) is 0 Å². The number of carbonyl (C=O) groups is 1. The number of carboxylic acids is 1. The van der Waals surface area contributed by atoms with Gasteiger partial charge in [-0.05, 0) is 36.6 Å². The SMILES string of the molecule is CCCCCc1cc(N(C)C)ccc1C(=O)O. The van der Waals surface area contributed by atoms with Crippen LogP contribution in [0.3, 0.4) is 0 Å². The summed E-state index contributed by atoms with van der Waals surface area (Å²) in [5, 5.41) is 9.14. The average molecular weight is 235 g/mol. The number of benzene rings is 1. The molecule has 17 heavy (non-hydrogen) atoms. The lowest BCUT2D eigenvalue weighted by Crippen LogP contribution is -2.11. The molecule has 0 unspecified atom stereocenters. The van der Waals surface area contributed by atoms with E-state index in [1.165, 1.54) is 0 Å². The summed E-state index contributed by atoms with van der Waals surface area (Å²) < 4.78 is 0. The number of aryl methyl sites for hydroxylation is 1. The highest BCUT2D eigenvalue weighted by molar-refractivity contribution is 5.90. The van der Waals surface area contributed by atoms with Crippen molar-refractivity contribution in [1.29, 1.82) is 0 Å². The van der Waals surface area contributed by atoms with Crippen LogP contribution in [0.4, 0.5) is 5.69 Å². The molecular weight excluding hydrogens is 214 g/mol. The summed E-state index contributed by atoms with van der Waals surface area (Å²) in [6.07, 6.45) is 4.19. The molecule has 3 nitrogen and oxygen atoms in total. The first-order valence-corrected chi connectivity index (χ1v) is 6.09. The molecule has 0 spiro atoms. The lowest BCUT2D eigenvalue weighted by molar-refractivity contribution is 0.0695. The van der Waals surface area contributed by atoms with Crippen molar-refractivity contribution in [3.63, 3.8) is 0 Å². The lowest BCUT2D eigenvalue weighted by Gasteiger charge is -2.15. The Hall–Kier alpha value is -1.51. The smallest absolute Gasteiger partial charge is 0.335 e. The summed E-state index contributed by atoms with van der Waals surface area (Å²) in [6.45, 7) is 2.15. The number of carboxylic acid groups (broad SMARTS) is 1. The second-order valence-electron chi connectivity index (χ2n) is 4.50. The summed E-state index contributed by atoms with van der Waals surface area (Å²) in [6, 6.07) is 5.55. The van der Waals surface area contributed by atoms with E-state index in [9.17, 15) is 4.79 Å². The molecule has 0 aliphatic rings. The summed E-state index contributed by atoms with van der Waals surface area (Å²) in [4.78, 5) is 13.1. The van der Waals surface area contributed by atoms with E-state index in [1.807, 2.05) is 31.1 Å². The molecule has 94 valence electrons. The van der Waals surface area contributed by atoms with Crippen LogP contribution in [0.2, 0.25) is 0 Å². The van der Waals surface area contributed by atoms with E-state index in [0.29, 0.717) is 5.56 Å². The summed E-state index contributed by atoms with van der Waals surface area (Å²) in [7, 11) is 3.93. The number of hydrogen-bond acceptors (Lipinski definition) is 2. The van der Waals surface area contributed by atoms with Gasteiger partial charge < -0.3 is 10.0 Å². The fourth-order valence-electron chi connectivity index (χ4n) is 1.84. The molecule has 0 aromatic heterocycles. The van der Waals surface area contributed by atoms with Gasteiger partial charge in [0, 0.05) is 19.8 Å². The Morgan fingerprint density at radius 2 is 2.00 bits per heavy atom. The zero-order valence-electron chi connectivity index (χ0n) is 10.9. The van der Waals surface area contributed by atoms with E-state index in [2.05, 4.69) is 6.92 Å². The molecule has 1 aromatic rings. The molecule has 0 fully saturated rings. The number of hydrogen-bond donors (Lipinski definition) is 1. The monoisotopic (exact) mass is 235 g/mol. The van der Waals surface area contributed by atoms with Crippen LogP contribution in [-0.4, -0.2) is 25.2 Å². The van der Waals surface area contributed by atoms with Crippen molar-refractivity contribution in [2.45, 2.75) is 32.6 Å². The average Bonchev–Trinajstić information content (AvgIpc) is 2.28. The van der Waals surface area contributed by atoms with Crippen molar-refractivity contribution in [2.75, 3.05) is 19.0 Å². The maximum Gasteiger partial charge on any atom is 0.335 e. The van der Waals surface area contributed by atoms with Gasteiger partial charge >= 0.3 is 5.97 Å². The fraction of sp³-hybridized carbons (Fsp3) is 0.500. The third-order valence-electron chi connectivity index (χ3n) is 2.89. The Bertz CT molecular complexity index is 386. The van der Waals surface area contributed by atoms with Crippen LogP contribution in [0.25, 0.3) is 0 Å². The standard InChI is InChI=1S/C14H21NO2/c1-4-5-6-7-11-10-12(15(2)3)8-9-13(11)14(16)17/h8-10H,4-7H2,1-3H3,(H,16,17). The topological polar surface area (TPSA) is 40.5 Å². The minimum absolute atomic E-state index is 0.437. The van der Waals surface area contributed by atoms with Crippen LogP contribution < -0.4 is 4.90 Å². The first-order valence-electron chi connectivity index (χ1n) is 6.09. The third-order valence-corrected chi connectivity index (χ3v) is 2.89. The Labute approximate surface area is 103 Å². The Morgan fingerprint density at radius 3 is 2.53 bits per heavy atom. The van der Waals surface area contributed by atoms with Gasteiger partial charge in [0.05, 0.1) is 5.56 Å². The Kier molecular flexibility index (Phi) is 5.01. The van der Waals surface area contributed by atoms with Gasteiger partial charge in [0.1, 0.15) is 0 Å². The van der Waals surface area contributed by atoms with Crippen LogP contribution in [0.15, 0.2) is 18.2 Å². The van der Waals surface area contributed by atoms with Gasteiger partial charge in [-0.2, -0.15) is 0 Å². The van der Waals surface area contributed by atoms with E-state index in [4.69, 9.17) is 5.11 Å². The molecule has 0 bridgehead atoms. The van der Waals surface area contributed by atoms with Gasteiger partial charge in [0.15, 0.2) is 0 Å². The molecular formula is C14H21NO2. The maximum absolute atomic E-state index is 11.1. The molecule has 1 rings (SSSR count). The molecule has 0 aliphatic carbocycles. The van der Waals surface area contributed by atoms with Crippen molar-refractivity contribution in [3.05, 3.63) is 29.3 Å². The molecule has 0 radical (unpaired) electrons. The Morgan fingerprint density at radius 1 is 1.29 bits per heavy atom. The van der Waals surface area contributed by atoms with Crippen molar-refractivity contribution < 1.29 is 9.90 Å². The first-order chi connectivity index (χ1) is 8.06. The Balaban J connectivity index is 2.94. The number of unbranched alkanes of at least 4 members (excludes halogenated alkanes) is 2. The molecule has 3 heteroatoms. The van der Waals surface area contributed by atoms with E-state index >= 15 is 0 Å². The quantitative estimate of drug-likeness (QED) is 0.770. The molecule has 0 heterocycles. The summed E-state index contributed by atoms with van der Waals surface area (Å²) >= 11 is 0. The highest BCUT2D eigenvalue weighted by Gasteiger charge is 2.10. The van der Waals surface area contributed by atoms with Gasteiger partial charge in [-0.25, -0.2) is 4.79 Å². The molecule has 0 amide bonds. The van der Waals surface area contributed by atoms with Gasteiger partial charge in [-0.15, -0.1) is 0 Å². The number of anilines is 1. The third kappa shape index (κ3) is 3.77. The van der Waals surface area contributed by atoms with E-state index < -0.39 is 5.97 Å². The van der Waals surface area contributed by atoms with Gasteiger partial charge in [-0.1, -0.05) is 19.8 Å². The van der Waals surface area contributed by atoms with E-state index in [1.54, 1.807) is 6.07 Å². The van der Waals surface area contributed by atoms with Gasteiger partial charge in [-0.3, -0.25) is 0 Å². The number of rotatable bonds is 6. The molecule has 0 atom stereocenters.